The number of hydrogen-bond donors (Lipinski definition) is 0. The highest BCUT2D eigenvalue weighted by molar-refractivity contribution is 6.44. The lowest BCUT2D eigenvalue weighted by atomic mass is 10.1. The lowest BCUT2D eigenvalue weighted by Gasteiger charge is -2.15. The van der Waals surface area contributed by atoms with Gasteiger partial charge in [0.2, 0.25) is 0 Å². The van der Waals surface area contributed by atoms with E-state index in [1.807, 2.05) is 0 Å². The Balaban J connectivity index is 2.17. The van der Waals surface area contributed by atoms with Crippen molar-refractivity contribution in [2.45, 2.75) is 64.8 Å². The molecule has 21 heavy (non-hydrogen) atoms. The Bertz CT molecular complexity index is 319. The van der Waals surface area contributed by atoms with E-state index < -0.39 is 9.28 Å². The van der Waals surface area contributed by atoms with Crippen molar-refractivity contribution in [1.29, 1.82) is 0 Å². The molecule has 2 nitrogen and oxygen atoms in total. The van der Waals surface area contributed by atoms with Gasteiger partial charge in [0.05, 0.1) is 0 Å². The zero-order valence-corrected chi connectivity index (χ0v) is 14.8. The second-order valence-corrected chi connectivity index (χ2v) is 7.29. The fourth-order valence-corrected chi connectivity index (χ4v) is 3.74. The molecule has 0 aliphatic carbocycles. The molecular formula is C18H31O2Si. The van der Waals surface area contributed by atoms with Gasteiger partial charge in [-0.3, -0.25) is 0 Å². The third-order valence-electron chi connectivity index (χ3n) is 3.46. The molecule has 119 valence electrons. The summed E-state index contributed by atoms with van der Waals surface area (Å²) in [7, 11) is -1.04. The van der Waals surface area contributed by atoms with Crippen LogP contribution < -0.4 is 0 Å². The molecule has 0 unspecified atom stereocenters. The molecule has 1 aromatic rings. The minimum Gasteiger partial charge on any atom is -0.393 e. The van der Waals surface area contributed by atoms with E-state index in [1.54, 1.807) is 0 Å². The van der Waals surface area contributed by atoms with Gasteiger partial charge in [0.25, 0.3) is 0 Å². The first kappa shape index (κ1) is 18.4. The Morgan fingerprint density at radius 3 is 2.00 bits per heavy atom. The molecule has 1 aromatic carbocycles. The second kappa shape index (κ2) is 13.1. The molecule has 0 aliphatic heterocycles. The predicted octanol–water partition coefficient (Wildman–Crippen LogP) is 5.13. The van der Waals surface area contributed by atoms with Crippen molar-refractivity contribution in [3.8, 4) is 0 Å². The normalized spacial score (nSPS) is 11.2. The molecule has 0 aromatic heterocycles. The summed E-state index contributed by atoms with van der Waals surface area (Å²) in [5.41, 5.74) is 1.44. The molecule has 0 atom stereocenters. The molecular weight excluding hydrogens is 276 g/mol. The number of unbranched alkanes of at least 4 members (excludes halogenated alkanes) is 3. The third kappa shape index (κ3) is 9.83. The smallest absolute Gasteiger partial charge is 0.384 e. The van der Waals surface area contributed by atoms with Gasteiger partial charge in [-0.1, -0.05) is 63.4 Å². The van der Waals surface area contributed by atoms with E-state index in [0.717, 1.165) is 32.1 Å². The van der Waals surface area contributed by atoms with Crippen LogP contribution in [0.15, 0.2) is 30.3 Å². The molecule has 0 amide bonds. The first-order chi connectivity index (χ1) is 10.4. The van der Waals surface area contributed by atoms with E-state index in [0.29, 0.717) is 0 Å². The summed E-state index contributed by atoms with van der Waals surface area (Å²) in [5, 5.41) is 0. The van der Waals surface area contributed by atoms with Crippen molar-refractivity contribution in [2.75, 3.05) is 13.2 Å². The second-order valence-electron chi connectivity index (χ2n) is 5.47. The Labute approximate surface area is 132 Å². The standard InChI is InChI=1S/C18H31O2Si/c1-3-5-15-19-21(20-16-6-4-2)17-11-10-14-18-12-8-7-9-13-18/h7-9,12-13H,3-6,10-11,14-17H2,1-2H3. The summed E-state index contributed by atoms with van der Waals surface area (Å²) in [6, 6.07) is 11.8. The van der Waals surface area contributed by atoms with Crippen LogP contribution in [0.4, 0.5) is 0 Å². The van der Waals surface area contributed by atoms with Gasteiger partial charge in [-0.05, 0) is 37.3 Å². The number of hydrogen-bond acceptors (Lipinski definition) is 2. The lowest BCUT2D eigenvalue weighted by Crippen LogP contribution is -2.24. The highest BCUT2D eigenvalue weighted by atomic mass is 28.3. The topological polar surface area (TPSA) is 18.5 Å². The quantitative estimate of drug-likeness (QED) is 0.371. The van der Waals surface area contributed by atoms with Crippen molar-refractivity contribution in [1.82, 2.24) is 0 Å². The van der Waals surface area contributed by atoms with Crippen LogP contribution in [0, 0.1) is 0 Å². The summed E-state index contributed by atoms with van der Waals surface area (Å²) < 4.78 is 11.9. The van der Waals surface area contributed by atoms with Crippen LogP contribution in [0.25, 0.3) is 0 Å². The summed E-state index contributed by atoms with van der Waals surface area (Å²) in [6.07, 6.45) is 8.29. The summed E-state index contributed by atoms with van der Waals surface area (Å²) in [6.45, 7) is 6.15. The zero-order chi connectivity index (χ0) is 15.2. The van der Waals surface area contributed by atoms with Gasteiger partial charge in [0.15, 0.2) is 0 Å². The van der Waals surface area contributed by atoms with Crippen LogP contribution >= 0.6 is 0 Å². The zero-order valence-electron chi connectivity index (χ0n) is 13.8. The largest absolute Gasteiger partial charge is 0.393 e. The summed E-state index contributed by atoms with van der Waals surface area (Å²) in [5.74, 6) is 0. The number of rotatable bonds is 13. The average molecular weight is 308 g/mol. The van der Waals surface area contributed by atoms with Gasteiger partial charge in [0, 0.05) is 13.2 Å². The van der Waals surface area contributed by atoms with E-state index in [9.17, 15) is 0 Å². The molecule has 3 heteroatoms. The van der Waals surface area contributed by atoms with E-state index in [2.05, 4.69) is 44.2 Å². The van der Waals surface area contributed by atoms with Crippen molar-refractivity contribution in [3.63, 3.8) is 0 Å². The molecule has 0 spiro atoms. The van der Waals surface area contributed by atoms with Crippen LogP contribution in [-0.4, -0.2) is 22.5 Å². The van der Waals surface area contributed by atoms with Gasteiger partial charge in [-0.25, -0.2) is 0 Å². The molecule has 0 saturated carbocycles. The fraction of sp³-hybridized carbons (Fsp3) is 0.667. The summed E-state index contributed by atoms with van der Waals surface area (Å²) in [4.78, 5) is 0. The molecule has 0 N–H and O–H groups in total. The maximum atomic E-state index is 5.96. The lowest BCUT2D eigenvalue weighted by molar-refractivity contribution is 0.190. The van der Waals surface area contributed by atoms with Gasteiger partial charge >= 0.3 is 9.28 Å². The Morgan fingerprint density at radius 1 is 0.810 bits per heavy atom. The molecule has 0 saturated heterocycles. The van der Waals surface area contributed by atoms with Crippen LogP contribution in [0.2, 0.25) is 6.04 Å². The highest BCUT2D eigenvalue weighted by Gasteiger charge is 2.15. The fourth-order valence-electron chi connectivity index (χ4n) is 2.09. The monoisotopic (exact) mass is 307 g/mol. The maximum Gasteiger partial charge on any atom is 0.384 e. The highest BCUT2D eigenvalue weighted by Crippen LogP contribution is 2.10. The van der Waals surface area contributed by atoms with Gasteiger partial charge < -0.3 is 8.85 Å². The van der Waals surface area contributed by atoms with Crippen molar-refractivity contribution >= 4 is 9.28 Å². The predicted molar refractivity (Wildman–Crippen MR) is 91.7 cm³/mol. The molecule has 1 rings (SSSR count). The SMILES string of the molecule is CCCCO[Si](CCCCc1ccccc1)OCCCC. The van der Waals surface area contributed by atoms with E-state index in [4.69, 9.17) is 8.85 Å². The minimum absolute atomic E-state index is 0.871. The molecule has 0 fully saturated rings. The minimum atomic E-state index is -1.04. The van der Waals surface area contributed by atoms with Crippen LogP contribution in [0.1, 0.15) is 57.9 Å². The van der Waals surface area contributed by atoms with Crippen LogP contribution in [0.3, 0.4) is 0 Å². The Morgan fingerprint density at radius 2 is 1.43 bits per heavy atom. The number of benzene rings is 1. The van der Waals surface area contributed by atoms with Crippen molar-refractivity contribution in [2.24, 2.45) is 0 Å². The van der Waals surface area contributed by atoms with Crippen molar-refractivity contribution < 1.29 is 8.85 Å². The summed E-state index contributed by atoms with van der Waals surface area (Å²) >= 11 is 0. The van der Waals surface area contributed by atoms with Crippen molar-refractivity contribution in [3.05, 3.63) is 35.9 Å². The molecule has 0 bridgehead atoms. The van der Waals surface area contributed by atoms with Crippen LogP contribution in [-0.2, 0) is 15.3 Å². The first-order valence-electron chi connectivity index (χ1n) is 8.52. The van der Waals surface area contributed by atoms with E-state index in [-0.39, 0.29) is 0 Å². The Hall–Kier alpha value is -0.643. The average Bonchev–Trinajstić information content (AvgIpc) is 2.52. The van der Waals surface area contributed by atoms with E-state index in [1.165, 1.54) is 37.7 Å². The van der Waals surface area contributed by atoms with Gasteiger partial charge in [-0.15, -0.1) is 0 Å². The van der Waals surface area contributed by atoms with Gasteiger partial charge in [-0.2, -0.15) is 0 Å². The maximum absolute atomic E-state index is 5.96. The molecule has 1 radical (unpaired) electrons. The van der Waals surface area contributed by atoms with Crippen LogP contribution in [0.5, 0.6) is 0 Å². The third-order valence-corrected chi connectivity index (χ3v) is 5.28. The van der Waals surface area contributed by atoms with Gasteiger partial charge in [0.1, 0.15) is 0 Å². The number of aryl methyl sites for hydroxylation is 1. The first-order valence-corrected chi connectivity index (χ1v) is 10.0. The molecule has 0 heterocycles. The van der Waals surface area contributed by atoms with E-state index >= 15 is 0 Å². The molecule has 0 aliphatic rings. The Kier molecular flexibility index (Phi) is 11.4.